The molecule has 6 atom stereocenters. The van der Waals surface area contributed by atoms with Crippen molar-refractivity contribution in [2.75, 3.05) is 25.6 Å². The zero-order chi connectivity index (χ0) is 41.4. The number of nitrogens with one attached hydrogen (secondary N) is 2. The van der Waals surface area contributed by atoms with E-state index in [1.807, 2.05) is 55.6 Å². The zero-order valence-electron chi connectivity index (χ0n) is 33.8. The summed E-state index contributed by atoms with van der Waals surface area (Å²) in [6.45, 7) is 6.07. The molecule has 3 aliphatic rings. The lowest BCUT2D eigenvalue weighted by atomic mass is 10.0. The molecule has 58 heavy (non-hydrogen) atoms. The lowest BCUT2D eigenvalue weighted by molar-refractivity contribution is -0.139. The van der Waals surface area contributed by atoms with E-state index in [4.69, 9.17) is 34.4 Å². The third-order valence-electron chi connectivity index (χ3n) is 10.8. The summed E-state index contributed by atoms with van der Waals surface area (Å²) in [5.41, 5.74) is 7.47. The summed E-state index contributed by atoms with van der Waals surface area (Å²) in [5, 5.41) is 9.56. The van der Waals surface area contributed by atoms with Crippen LogP contribution in [-0.2, 0) is 23.4 Å². The third-order valence-corrected chi connectivity index (χ3v) is 13.6. The van der Waals surface area contributed by atoms with Crippen LogP contribution >= 0.6 is 18.9 Å². The molecule has 3 fully saturated rings. The molecule has 5 N–H and O–H groups in total. The molecule has 6 rings (SSSR count). The van der Waals surface area contributed by atoms with Crippen LogP contribution in [-0.4, -0.2) is 93.9 Å². The third kappa shape index (κ3) is 11.3. The van der Waals surface area contributed by atoms with Gasteiger partial charge in [-0.3, -0.25) is 14.2 Å². The number of nitrogens with zero attached hydrogens (tertiary/aromatic N) is 3. The van der Waals surface area contributed by atoms with E-state index in [-0.39, 0.29) is 43.3 Å². The average molecular weight is 841 g/mol. The van der Waals surface area contributed by atoms with E-state index < -0.39 is 43.7 Å². The number of pyridine rings is 1. The molecule has 0 radical (unpaired) electrons. The van der Waals surface area contributed by atoms with Gasteiger partial charge in [-0.15, -0.1) is 11.3 Å². The summed E-state index contributed by atoms with van der Waals surface area (Å²) in [4.78, 5) is 61.4. The Labute approximate surface area is 344 Å². The lowest BCUT2D eigenvalue weighted by Gasteiger charge is -2.28. The van der Waals surface area contributed by atoms with Gasteiger partial charge in [0.05, 0.1) is 37.1 Å². The van der Waals surface area contributed by atoms with E-state index in [0.29, 0.717) is 47.7 Å². The number of allylic oxidation sites excluding steroid dienone is 2. The van der Waals surface area contributed by atoms with Crippen molar-refractivity contribution in [2.24, 2.45) is 11.7 Å². The molecule has 17 heteroatoms. The number of ether oxygens (including phenoxy) is 3. The van der Waals surface area contributed by atoms with Crippen molar-refractivity contribution in [1.82, 2.24) is 20.2 Å². The van der Waals surface area contributed by atoms with Crippen LogP contribution in [0.3, 0.4) is 0 Å². The van der Waals surface area contributed by atoms with Gasteiger partial charge in [0.2, 0.25) is 11.8 Å². The van der Waals surface area contributed by atoms with Gasteiger partial charge in [0.15, 0.2) is 5.13 Å². The van der Waals surface area contributed by atoms with Crippen LogP contribution in [0, 0.1) is 5.92 Å². The molecule has 1 aromatic carbocycles. The van der Waals surface area contributed by atoms with E-state index in [0.717, 1.165) is 55.5 Å². The van der Waals surface area contributed by atoms with Crippen LogP contribution in [0.25, 0.3) is 22.3 Å². The number of alkyl carbamates (subject to hydrolysis) is 1. The van der Waals surface area contributed by atoms with Crippen molar-refractivity contribution < 1.29 is 42.6 Å². The number of hydrogen-bond donors (Lipinski definition) is 4. The number of unbranched alkanes of at least 4 members (excludes halogenated alkanes) is 3. The number of primary amides is 1. The molecule has 2 saturated carbocycles. The number of methoxy groups -OCH3 is 1. The van der Waals surface area contributed by atoms with Crippen molar-refractivity contribution in [3.8, 4) is 22.9 Å². The number of thiazole rings is 1. The van der Waals surface area contributed by atoms with Crippen molar-refractivity contribution in [3.05, 3.63) is 41.8 Å². The van der Waals surface area contributed by atoms with Crippen molar-refractivity contribution >= 4 is 52.9 Å². The summed E-state index contributed by atoms with van der Waals surface area (Å²) >= 11 is 1.48. The summed E-state index contributed by atoms with van der Waals surface area (Å²) in [5.74, 6) is 0.108. The maximum Gasteiger partial charge on any atom is 0.408 e. The number of fused-ring (bicyclic) bond motifs is 1. The molecule has 1 unspecified atom stereocenters. The molecule has 316 valence electrons. The molecule has 3 amide bonds. The minimum absolute atomic E-state index is 0.0482. The second kappa shape index (κ2) is 19.7. The number of anilines is 1. The maximum absolute atomic E-state index is 14.3. The van der Waals surface area contributed by atoms with Crippen LogP contribution in [0.2, 0.25) is 0 Å². The largest absolute Gasteiger partial charge is 0.497 e. The first-order valence-corrected chi connectivity index (χ1v) is 23.0. The fraction of sp³-hybridized carbons (Fsp3) is 0.585. The molecule has 1 saturated heterocycles. The highest BCUT2D eigenvalue weighted by Gasteiger charge is 2.49. The smallest absolute Gasteiger partial charge is 0.408 e. The standard InChI is InChI=1S/C41H57N6O9PS/c1-5-54-57(51,52)37-19-26(37)13-9-7-6-8-10-16-31(46-41(50)56-27-14-11-12-15-27)39(49)47-23-29(21-35(47)38(42)48)55-36-22-33(34-24-58-40(45-34)43-25(2)3)44-32-20-28(53-4)17-18-30(32)36/h9,13,17-18,20,22,24-27,29,31,35,37H,5-8,10-12,14-16,19,21,23H2,1-4H3,(H2,42,48)(H,43,45)(H,46,50)(H,51,52)/b13-9-/t26-,29-,31+,35+,37+/m1/s1. The number of benzene rings is 1. The lowest BCUT2D eigenvalue weighted by Crippen LogP contribution is -2.53. The second-order valence-electron chi connectivity index (χ2n) is 15.6. The van der Waals surface area contributed by atoms with E-state index in [9.17, 15) is 23.8 Å². The Balaban J connectivity index is 1.14. The van der Waals surface area contributed by atoms with Gasteiger partial charge >= 0.3 is 13.7 Å². The highest BCUT2D eigenvalue weighted by molar-refractivity contribution is 7.54. The maximum atomic E-state index is 14.3. The van der Waals surface area contributed by atoms with E-state index in [1.54, 1.807) is 14.0 Å². The highest BCUT2D eigenvalue weighted by Crippen LogP contribution is 2.62. The molecule has 2 aliphatic carbocycles. The summed E-state index contributed by atoms with van der Waals surface area (Å²) in [6, 6.07) is 5.64. The number of rotatable bonds is 20. The Morgan fingerprint density at radius 3 is 2.60 bits per heavy atom. The molecule has 3 aromatic rings. The normalized spacial score (nSPS) is 22.3. The number of carbonyl (C=O) groups is 3. The molecular weight excluding hydrogens is 784 g/mol. The number of amides is 3. The summed E-state index contributed by atoms with van der Waals surface area (Å²) < 4.78 is 35.1. The molecule has 1 aliphatic heterocycles. The van der Waals surface area contributed by atoms with Gasteiger partial charge in [-0.05, 0) is 90.2 Å². The first-order valence-electron chi connectivity index (χ1n) is 20.4. The molecule has 0 spiro atoms. The number of aromatic nitrogens is 2. The molecular formula is C41H57N6O9PS. The number of likely N-dealkylation sites (tertiary alicyclic amines) is 1. The Bertz CT molecular complexity index is 1990. The quantitative estimate of drug-likeness (QED) is 0.0508. The Kier molecular flexibility index (Phi) is 14.7. The second-order valence-corrected chi connectivity index (χ2v) is 18.5. The van der Waals surface area contributed by atoms with Gasteiger partial charge in [-0.1, -0.05) is 25.0 Å². The molecule has 3 heterocycles. The molecule has 2 aromatic heterocycles. The Hall–Kier alpha value is -4.24. The topological polar surface area (TPSA) is 205 Å². The van der Waals surface area contributed by atoms with Crippen molar-refractivity contribution in [3.63, 3.8) is 0 Å². The Morgan fingerprint density at radius 1 is 1.09 bits per heavy atom. The minimum Gasteiger partial charge on any atom is -0.497 e. The monoisotopic (exact) mass is 840 g/mol. The summed E-state index contributed by atoms with van der Waals surface area (Å²) in [6.07, 6.45) is 10.3. The SMILES string of the molecule is CCOP(=O)(O)[C@H]1C[C@H]1/C=C\CCCCC[C@H](NC(=O)OC1CCCC1)C(=O)N1C[C@H](Oc2cc(-c3csc(NC(C)C)n3)nc3cc(OC)ccc23)C[C@H]1C(N)=O. The fourth-order valence-electron chi connectivity index (χ4n) is 7.73. The van der Waals surface area contributed by atoms with Gasteiger partial charge in [0, 0.05) is 35.4 Å². The van der Waals surface area contributed by atoms with E-state index >= 15 is 0 Å². The number of hydrogen-bond acceptors (Lipinski definition) is 12. The van der Waals surface area contributed by atoms with Gasteiger partial charge in [-0.2, -0.15) is 0 Å². The van der Waals surface area contributed by atoms with Crippen molar-refractivity contribution in [1.29, 1.82) is 0 Å². The Morgan fingerprint density at radius 2 is 1.88 bits per heavy atom. The van der Waals surface area contributed by atoms with Gasteiger partial charge < -0.3 is 44.9 Å². The zero-order valence-corrected chi connectivity index (χ0v) is 35.5. The van der Waals surface area contributed by atoms with E-state index in [2.05, 4.69) is 10.6 Å². The predicted molar refractivity (Wildman–Crippen MR) is 223 cm³/mol. The van der Waals surface area contributed by atoms with Gasteiger partial charge in [-0.25, -0.2) is 14.8 Å². The first-order chi connectivity index (χ1) is 27.8. The van der Waals surface area contributed by atoms with Crippen LogP contribution in [0.15, 0.2) is 41.8 Å². The number of carbonyl (C=O) groups excluding carboxylic acids is 3. The minimum atomic E-state index is -3.57. The van der Waals surface area contributed by atoms with Crippen LogP contribution in [0.1, 0.15) is 91.4 Å². The van der Waals surface area contributed by atoms with E-state index in [1.165, 1.54) is 16.2 Å². The van der Waals surface area contributed by atoms with Gasteiger partial charge in [0.1, 0.15) is 41.5 Å². The fourth-order valence-corrected chi connectivity index (χ4v) is 10.2. The summed E-state index contributed by atoms with van der Waals surface area (Å²) in [7, 11) is -1.98. The van der Waals surface area contributed by atoms with Crippen LogP contribution in [0.4, 0.5) is 9.93 Å². The predicted octanol–water partition coefficient (Wildman–Crippen LogP) is 7.18. The highest BCUT2D eigenvalue weighted by atomic mass is 32.1. The van der Waals surface area contributed by atoms with Gasteiger partial charge in [0.25, 0.3) is 0 Å². The van der Waals surface area contributed by atoms with Crippen molar-refractivity contribution in [2.45, 2.75) is 127 Å². The first kappa shape index (κ1) is 43.3. The van der Waals surface area contributed by atoms with Crippen LogP contribution in [0.5, 0.6) is 11.5 Å². The molecule has 0 bridgehead atoms. The average Bonchev–Trinajstić information content (AvgIpc) is 3.48. The molecule has 15 nitrogen and oxygen atoms in total. The number of nitrogens with two attached hydrogens (primary N) is 1. The van der Waals surface area contributed by atoms with Crippen LogP contribution < -0.4 is 25.8 Å².